The molecule has 0 saturated carbocycles. The van der Waals surface area contributed by atoms with E-state index in [0.29, 0.717) is 11.4 Å². The third kappa shape index (κ3) is 2.31. The maximum absolute atomic E-state index is 12.4. The molecule has 0 bridgehead atoms. The minimum Gasteiger partial charge on any atom is -0.449 e. The molecule has 1 aliphatic heterocycles. The van der Waals surface area contributed by atoms with Crippen LogP contribution in [0.15, 0.2) is 18.2 Å². The van der Waals surface area contributed by atoms with Gasteiger partial charge in [-0.15, -0.1) is 0 Å². The second-order valence-corrected chi connectivity index (χ2v) is 5.37. The lowest BCUT2D eigenvalue weighted by molar-refractivity contribution is -0.137. The number of fused-ring (bicyclic) bond motifs is 1. The Kier molecular flexibility index (Phi) is 3.36. The van der Waals surface area contributed by atoms with E-state index in [9.17, 15) is 14.4 Å². The molecule has 7 heteroatoms. The van der Waals surface area contributed by atoms with Gasteiger partial charge in [0, 0.05) is 20.2 Å². The maximum atomic E-state index is 12.4. The number of benzene rings is 1. The minimum atomic E-state index is -1.44. The van der Waals surface area contributed by atoms with Crippen LogP contribution in [0.5, 0.6) is 5.75 Å². The van der Waals surface area contributed by atoms with Gasteiger partial charge in [0.2, 0.25) is 11.8 Å². The Bertz CT molecular complexity index is 638. The number of ether oxygens (including phenoxy) is 1. The molecule has 0 radical (unpaired) electrons. The number of carbonyl (C=O) groups is 3. The van der Waals surface area contributed by atoms with E-state index in [4.69, 9.17) is 5.11 Å². The first kappa shape index (κ1) is 14.8. The lowest BCUT2D eigenvalue weighted by Crippen LogP contribution is -2.46. The van der Waals surface area contributed by atoms with Gasteiger partial charge >= 0.3 is 6.16 Å². The average molecular weight is 292 g/mol. The van der Waals surface area contributed by atoms with E-state index in [-0.39, 0.29) is 17.6 Å². The Balaban J connectivity index is 2.59. The highest BCUT2D eigenvalue weighted by molar-refractivity contribution is 6.19. The number of carbonyl (C=O) groups excluding carboxylic acids is 2. The maximum Gasteiger partial charge on any atom is 0.511 e. The molecule has 0 aliphatic carbocycles. The van der Waals surface area contributed by atoms with Gasteiger partial charge in [0.1, 0.15) is 11.2 Å². The van der Waals surface area contributed by atoms with E-state index in [2.05, 4.69) is 4.74 Å². The Hall–Kier alpha value is -2.57. The van der Waals surface area contributed by atoms with Crippen molar-refractivity contribution in [3.63, 3.8) is 0 Å². The Labute approximate surface area is 121 Å². The first-order valence-corrected chi connectivity index (χ1v) is 6.27. The summed E-state index contributed by atoms with van der Waals surface area (Å²) in [6.07, 6.45) is -1.44. The molecule has 2 rings (SSSR count). The molecule has 1 aliphatic rings. The fourth-order valence-electron chi connectivity index (χ4n) is 2.37. The van der Waals surface area contributed by atoms with Crippen molar-refractivity contribution in [2.45, 2.75) is 13.8 Å². The third-order valence-corrected chi connectivity index (χ3v) is 3.55. The van der Waals surface area contributed by atoms with Crippen molar-refractivity contribution in [2.75, 3.05) is 23.9 Å². The first-order valence-electron chi connectivity index (χ1n) is 6.27. The molecule has 1 aromatic carbocycles. The number of amides is 2. The molecule has 0 unspecified atom stereocenters. The standard InChI is InChI=1S/C14H16N2O5/c1-14(2)11(17)15(3)9-6-5-8(21-13(19)20)7-10(9)16(4)12(14)18/h5-7H,1-4H3,(H,19,20). The van der Waals surface area contributed by atoms with Crippen LogP contribution in [0, 0.1) is 5.41 Å². The summed E-state index contributed by atoms with van der Waals surface area (Å²) < 4.78 is 4.59. The lowest BCUT2D eigenvalue weighted by atomic mass is 9.90. The van der Waals surface area contributed by atoms with Crippen LogP contribution >= 0.6 is 0 Å². The second kappa shape index (κ2) is 4.76. The fraction of sp³-hybridized carbons (Fsp3) is 0.357. The molecular weight excluding hydrogens is 276 g/mol. The number of rotatable bonds is 1. The van der Waals surface area contributed by atoms with Crippen LogP contribution in [0.4, 0.5) is 16.2 Å². The summed E-state index contributed by atoms with van der Waals surface area (Å²) in [7, 11) is 3.12. The lowest BCUT2D eigenvalue weighted by Gasteiger charge is -2.25. The van der Waals surface area contributed by atoms with E-state index in [1.807, 2.05) is 0 Å². The predicted molar refractivity (Wildman–Crippen MR) is 75.7 cm³/mol. The second-order valence-electron chi connectivity index (χ2n) is 5.37. The van der Waals surface area contributed by atoms with Crippen molar-refractivity contribution in [1.82, 2.24) is 0 Å². The number of hydrogen-bond donors (Lipinski definition) is 1. The number of nitrogens with zero attached hydrogens (tertiary/aromatic N) is 2. The zero-order chi connectivity index (χ0) is 15.9. The van der Waals surface area contributed by atoms with Crippen molar-refractivity contribution in [2.24, 2.45) is 5.41 Å². The fourth-order valence-corrected chi connectivity index (χ4v) is 2.37. The smallest absolute Gasteiger partial charge is 0.449 e. The van der Waals surface area contributed by atoms with Crippen molar-refractivity contribution < 1.29 is 24.2 Å². The molecule has 1 aromatic rings. The first-order chi connectivity index (χ1) is 9.66. The molecule has 0 spiro atoms. The quantitative estimate of drug-likeness (QED) is 0.483. The molecule has 0 aromatic heterocycles. The van der Waals surface area contributed by atoms with Gasteiger partial charge in [-0.2, -0.15) is 0 Å². The molecule has 112 valence electrons. The van der Waals surface area contributed by atoms with E-state index in [0.717, 1.165) is 0 Å². The summed E-state index contributed by atoms with van der Waals surface area (Å²) in [6, 6.07) is 4.41. The summed E-state index contributed by atoms with van der Waals surface area (Å²) in [5.74, 6) is -0.614. The summed E-state index contributed by atoms with van der Waals surface area (Å²) in [5.41, 5.74) is -0.268. The molecule has 0 fully saturated rings. The molecule has 1 N–H and O–H groups in total. The number of anilines is 2. The van der Waals surface area contributed by atoms with E-state index >= 15 is 0 Å². The molecule has 0 atom stereocenters. The monoisotopic (exact) mass is 292 g/mol. The van der Waals surface area contributed by atoms with Gasteiger partial charge in [0.25, 0.3) is 0 Å². The van der Waals surface area contributed by atoms with Crippen LogP contribution in [0.1, 0.15) is 13.8 Å². The number of hydrogen-bond acceptors (Lipinski definition) is 4. The summed E-state index contributed by atoms with van der Waals surface area (Å²) in [6.45, 7) is 3.12. The van der Waals surface area contributed by atoms with Gasteiger partial charge in [0.15, 0.2) is 0 Å². The Morgan fingerprint density at radius 2 is 1.62 bits per heavy atom. The molecule has 2 amide bonds. The highest BCUT2D eigenvalue weighted by Gasteiger charge is 2.44. The molecule has 1 heterocycles. The summed E-state index contributed by atoms with van der Waals surface area (Å²) in [4.78, 5) is 38.2. The summed E-state index contributed by atoms with van der Waals surface area (Å²) >= 11 is 0. The van der Waals surface area contributed by atoms with Crippen LogP contribution in [0.3, 0.4) is 0 Å². The van der Waals surface area contributed by atoms with Crippen LogP contribution in [0.25, 0.3) is 0 Å². The SMILES string of the molecule is CN1C(=O)C(C)(C)C(=O)N(C)c2cc(OC(=O)O)ccc21. The van der Waals surface area contributed by atoms with E-state index in [1.54, 1.807) is 34.0 Å². The largest absolute Gasteiger partial charge is 0.511 e. The Morgan fingerprint density at radius 3 is 2.14 bits per heavy atom. The average Bonchev–Trinajstić information content (AvgIpc) is 2.46. The minimum absolute atomic E-state index is 0.0847. The molecule has 0 saturated heterocycles. The van der Waals surface area contributed by atoms with Crippen LogP contribution in [-0.4, -0.2) is 37.2 Å². The van der Waals surface area contributed by atoms with Crippen molar-refractivity contribution in [1.29, 1.82) is 0 Å². The zero-order valence-electron chi connectivity index (χ0n) is 12.2. The van der Waals surface area contributed by atoms with Gasteiger partial charge < -0.3 is 19.6 Å². The topological polar surface area (TPSA) is 87.2 Å². The normalized spacial score (nSPS) is 17.3. The molecular formula is C14H16N2O5. The van der Waals surface area contributed by atoms with Crippen LogP contribution in [0.2, 0.25) is 0 Å². The Morgan fingerprint density at radius 1 is 1.10 bits per heavy atom. The van der Waals surface area contributed by atoms with E-state index < -0.39 is 11.6 Å². The van der Waals surface area contributed by atoms with Gasteiger partial charge in [-0.25, -0.2) is 4.79 Å². The summed E-state index contributed by atoms with van der Waals surface area (Å²) in [5, 5.41) is 8.65. The van der Waals surface area contributed by atoms with Gasteiger partial charge in [-0.3, -0.25) is 9.59 Å². The third-order valence-electron chi connectivity index (χ3n) is 3.55. The van der Waals surface area contributed by atoms with Gasteiger partial charge in [-0.1, -0.05) is 0 Å². The van der Waals surface area contributed by atoms with E-state index in [1.165, 1.54) is 21.9 Å². The van der Waals surface area contributed by atoms with Gasteiger partial charge in [-0.05, 0) is 26.0 Å². The highest BCUT2D eigenvalue weighted by atomic mass is 16.7. The van der Waals surface area contributed by atoms with Crippen LogP contribution in [-0.2, 0) is 9.59 Å². The van der Waals surface area contributed by atoms with Crippen molar-refractivity contribution in [3.8, 4) is 5.75 Å². The zero-order valence-corrected chi connectivity index (χ0v) is 12.2. The number of carboxylic acid groups (broad SMARTS) is 1. The highest BCUT2D eigenvalue weighted by Crippen LogP contribution is 2.39. The van der Waals surface area contributed by atoms with Gasteiger partial charge in [0.05, 0.1) is 11.4 Å². The van der Waals surface area contributed by atoms with Crippen molar-refractivity contribution >= 4 is 29.3 Å². The molecule has 7 nitrogen and oxygen atoms in total. The molecule has 21 heavy (non-hydrogen) atoms. The predicted octanol–water partition coefficient (Wildman–Crippen LogP) is 1.71. The van der Waals surface area contributed by atoms with Crippen molar-refractivity contribution in [3.05, 3.63) is 18.2 Å². The van der Waals surface area contributed by atoms with Crippen LogP contribution < -0.4 is 14.5 Å².